The molecule has 1 fully saturated rings. The molecule has 8 nitrogen and oxygen atoms in total. The quantitative estimate of drug-likeness (QED) is 0.442. The highest BCUT2D eigenvalue weighted by Gasteiger charge is 2.16. The van der Waals surface area contributed by atoms with Crippen molar-refractivity contribution in [3.63, 3.8) is 0 Å². The summed E-state index contributed by atoms with van der Waals surface area (Å²) in [6.07, 6.45) is 12.4. The number of aromatic nitrogens is 4. The van der Waals surface area contributed by atoms with Crippen LogP contribution in [0.4, 0.5) is 0 Å². The van der Waals surface area contributed by atoms with Crippen molar-refractivity contribution >= 4 is 17.2 Å². The van der Waals surface area contributed by atoms with Gasteiger partial charge in [0, 0.05) is 30.7 Å². The Morgan fingerprint density at radius 1 is 1.09 bits per heavy atom. The average Bonchev–Trinajstić information content (AvgIpc) is 3.28. The second kappa shape index (κ2) is 9.77. The van der Waals surface area contributed by atoms with E-state index in [1.54, 1.807) is 24.4 Å². The van der Waals surface area contributed by atoms with Gasteiger partial charge in [0.25, 0.3) is 11.5 Å². The van der Waals surface area contributed by atoms with E-state index in [0.717, 1.165) is 23.8 Å². The first-order valence-electron chi connectivity index (χ1n) is 12.0. The SMILES string of the molecule is CC(NCC1CCCCC1)c1ccc2nc(CNC(=O)c3cc(=O)n4ccccc4n3)cn2c1. The predicted octanol–water partition coefficient (Wildman–Crippen LogP) is 3.50. The summed E-state index contributed by atoms with van der Waals surface area (Å²) in [5, 5.41) is 6.51. The number of rotatable bonds is 7. The minimum absolute atomic E-state index is 0.0973. The van der Waals surface area contributed by atoms with Crippen molar-refractivity contribution in [3.05, 3.63) is 82.3 Å². The minimum Gasteiger partial charge on any atom is -0.345 e. The highest BCUT2D eigenvalue weighted by atomic mass is 16.2. The molecule has 0 spiro atoms. The maximum absolute atomic E-state index is 12.6. The van der Waals surface area contributed by atoms with Gasteiger partial charge in [-0.3, -0.25) is 14.0 Å². The van der Waals surface area contributed by atoms with Gasteiger partial charge in [-0.25, -0.2) is 9.97 Å². The van der Waals surface area contributed by atoms with Gasteiger partial charge in [0.15, 0.2) is 0 Å². The number of nitrogens with one attached hydrogen (secondary N) is 2. The van der Waals surface area contributed by atoms with E-state index in [-0.39, 0.29) is 23.8 Å². The predicted molar refractivity (Wildman–Crippen MR) is 131 cm³/mol. The number of hydrogen-bond donors (Lipinski definition) is 2. The molecule has 1 saturated carbocycles. The molecule has 2 N–H and O–H groups in total. The molecule has 0 radical (unpaired) electrons. The Balaban J connectivity index is 1.23. The fourth-order valence-corrected chi connectivity index (χ4v) is 4.69. The summed E-state index contributed by atoms with van der Waals surface area (Å²) in [7, 11) is 0. The van der Waals surface area contributed by atoms with E-state index in [4.69, 9.17) is 0 Å². The van der Waals surface area contributed by atoms with Crippen LogP contribution in [0.5, 0.6) is 0 Å². The Morgan fingerprint density at radius 3 is 2.79 bits per heavy atom. The van der Waals surface area contributed by atoms with Crippen molar-refractivity contribution in [2.75, 3.05) is 6.54 Å². The molecule has 0 bridgehead atoms. The lowest BCUT2D eigenvalue weighted by atomic mass is 9.89. The van der Waals surface area contributed by atoms with Gasteiger partial charge in [0.2, 0.25) is 0 Å². The molecule has 1 aliphatic carbocycles. The molecule has 4 aromatic heterocycles. The van der Waals surface area contributed by atoms with Crippen molar-refractivity contribution in [2.24, 2.45) is 5.92 Å². The molecule has 4 aromatic rings. The van der Waals surface area contributed by atoms with Gasteiger partial charge < -0.3 is 15.0 Å². The number of pyridine rings is 2. The van der Waals surface area contributed by atoms with Crippen molar-refractivity contribution < 1.29 is 4.79 Å². The number of nitrogens with zero attached hydrogens (tertiary/aromatic N) is 4. The zero-order valence-corrected chi connectivity index (χ0v) is 19.4. The summed E-state index contributed by atoms with van der Waals surface area (Å²) in [6.45, 7) is 3.51. The summed E-state index contributed by atoms with van der Waals surface area (Å²) < 4.78 is 3.40. The van der Waals surface area contributed by atoms with E-state index in [1.807, 2.05) is 16.7 Å². The zero-order valence-electron chi connectivity index (χ0n) is 19.4. The van der Waals surface area contributed by atoms with Gasteiger partial charge in [-0.1, -0.05) is 31.4 Å². The van der Waals surface area contributed by atoms with Crippen molar-refractivity contribution in [2.45, 2.75) is 51.6 Å². The van der Waals surface area contributed by atoms with Gasteiger partial charge in [-0.15, -0.1) is 0 Å². The van der Waals surface area contributed by atoms with E-state index in [1.165, 1.54) is 48.1 Å². The molecule has 0 aromatic carbocycles. The summed E-state index contributed by atoms with van der Waals surface area (Å²) in [5.74, 6) is 0.388. The largest absolute Gasteiger partial charge is 0.345 e. The van der Waals surface area contributed by atoms with Crippen molar-refractivity contribution in [1.82, 2.24) is 29.4 Å². The molecular weight excluding hydrogens is 428 g/mol. The Morgan fingerprint density at radius 2 is 1.94 bits per heavy atom. The third-order valence-electron chi connectivity index (χ3n) is 6.69. The first kappa shape index (κ1) is 22.3. The van der Waals surface area contributed by atoms with Crippen LogP contribution in [-0.2, 0) is 6.54 Å². The van der Waals surface area contributed by atoms with E-state index in [9.17, 15) is 9.59 Å². The molecule has 0 saturated heterocycles. The lowest BCUT2D eigenvalue weighted by Crippen LogP contribution is -2.27. The van der Waals surface area contributed by atoms with Gasteiger partial charge in [-0.05, 0) is 56.0 Å². The first-order valence-corrected chi connectivity index (χ1v) is 12.0. The third kappa shape index (κ3) is 4.87. The van der Waals surface area contributed by atoms with Crippen LogP contribution in [0.3, 0.4) is 0 Å². The smallest absolute Gasteiger partial charge is 0.270 e. The maximum Gasteiger partial charge on any atom is 0.270 e. The van der Waals surface area contributed by atoms with Crippen LogP contribution < -0.4 is 16.2 Å². The minimum atomic E-state index is -0.401. The number of hydrogen-bond acceptors (Lipinski definition) is 5. The van der Waals surface area contributed by atoms with Crippen LogP contribution in [0, 0.1) is 5.92 Å². The van der Waals surface area contributed by atoms with Gasteiger partial charge in [-0.2, -0.15) is 0 Å². The number of amides is 1. The van der Waals surface area contributed by atoms with Crippen LogP contribution in [-0.4, -0.2) is 31.2 Å². The summed E-state index contributed by atoms with van der Waals surface area (Å²) >= 11 is 0. The molecular formula is C26H30N6O2. The molecule has 0 aliphatic heterocycles. The highest BCUT2D eigenvalue weighted by Crippen LogP contribution is 2.24. The summed E-state index contributed by atoms with van der Waals surface area (Å²) in [6, 6.07) is 10.8. The lowest BCUT2D eigenvalue weighted by Gasteiger charge is -2.24. The highest BCUT2D eigenvalue weighted by molar-refractivity contribution is 5.92. The monoisotopic (exact) mass is 458 g/mol. The van der Waals surface area contributed by atoms with Crippen molar-refractivity contribution in [3.8, 4) is 0 Å². The second-order valence-corrected chi connectivity index (χ2v) is 9.19. The van der Waals surface area contributed by atoms with Gasteiger partial charge in [0.1, 0.15) is 17.0 Å². The maximum atomic E-state index is 12.6. The van der Waals surface area contributed by atoms with Crippen LogP contribution in [0.15, 0.2) is 59.8 Å². The third-order valence-corrected chi connectivity index (χ3v) is 6.69. The summed E-state index contributed by atoms with van der Waals surface area (Å²) in [4.78, 5) is 33.8. The zero-order chi connectivity index (χ0) is 23.5. The van der Waals surface area contributed by atoms with E-state index in [0.29, 0.717) is 5.65 Å². The van der Waals surface area contributed by atoms with Crippen LogP contribution >= 0.6 is 0 Å². The number of imidazole rings is 1. The average molecular weight is 459 g/mol. The number of fused-ring (bicyclic) bond motifs is 2. The van der Waals surface area contributed by atoms with Gasteiger partial charge in [0.05, 0.1) is 12.2 Å². The standard InChI is InChI=1S/C26H30N6O2/c1-18(27-14-19-7-3-2-4-8-19)20-10-11-23-29-21(17-31(23)16-20)15-28-26(34)22-13-25(33)32-12-6-5-9-24(32)30-22/h5-6,9-13,16-19,27H,2-4,7-8,14-15H2,1H3,(H,28,34). The normalized spacial score (nSPS) is 15.6. The van der Waals surface area contributed by atoms with Crippen LogP contribution in [0.2, 0.25) is 0 Å². The molecule has 176 valence electrons. The number of carbonyl (C=O) groups is 1. The lowest BCUT2D eigenvalue weighted by molar-refractivity contribution is 0.0945. The van der Waals surface area contributed by atoms with Crippen LogP contribution in [0.1, 0.15) is 66.8 Å². The molecule has 1 atom stereocenters. The molecule has 1 unspecified atom stereocenters. The second-order valence-electron chi connectivity index (χ2n) is 9.19. The van der Waals surface area contributed by atoms with E-state index < -0.39 is 5.91 Å². The molecule has 8 heteroatoms. The number of carbonyl (C=O) groups excluding carboxylic acids is 1. The molecule has 34 heavy (non-hydrogen) atoms. The first-order chi connectivity index (χ1) is 16.6. The van der Waals surface area contributed by atoms with E-state index in [2.05, 4.69) is 39.8 Å². The van der Waals surface area contributed by atoms with Crippen molar-refractivity contribution in [1.29, 1.82) is 0 Å². The molecule has 4 heterocycles. The fraction of sp³-hybridized carbons (Fsp3) is 0.385. The van der Waals surface area contributed by atoms with E-state index >= 15 is 0 Å². The topological polar surface area (TPSA) is 92.8 Å². The molecule has 1 amide bonds. The Hall–Kier alpha value is -3.52. The molecule has 5 rings (SSSR count). The summed E-state index contributed by atoms with van der Waals surface area (Å²) in [5.41, 5.74) is 3.02. The van der Waals surface area contributed by atoms with Gasteiger partial charge >= 0.3 is 0 Å². The Bertz CT molecular complexity index is 1370. The fourth-order valence-electron chi connectivity index (χ4n) is 4.69. The van der Waals surface area contributed by atoms with Crippen LogP contribution in [0.25, 0.3) is 11.3 Å². The Labute approximate surface area is 198 Å². The molecule has 1 aliphatic rings. The Kier molecular flexibility index (Phi) is 6.40.